The van der Waals surface area contributed by atoms with Gasteiger partial charge in [-0.2, -0.15) is 0 Å². The number of halogens is 2. The molecule has 0 radical (unpaired) electrons. The van der Waals surface area contributed by atoms with Crippen molar-refractivity contribution in [3.05, 3.63) is 28.8 Å². The Bertz CT molecular complexity index is 315. The molecule has 1 aromatic carbocycles. The number of hydrogen-bond acceptors (Lipinski definition) is 2. The topological polar surface area (TPSA) is 26.3 Å². The van der Waals surface area contributed by atoms with Crippen molar-refractivity contribution in [2.45, 2.75) is 6.42 Å². The van der Waals surface area contributed by atoms with E-state index < -0.39 is 6.67 Å². The van der Waals surface area contributed by atoms with Crippen molar-refractivity contribution in [1.82, 2.24) is 0 Å². The summed E-state index contributed by atoms with van der Waals surface area (Å²) in [7, 11) is 0. The third-order valence-electron chi connectivity index (χ3n) is 1.66. The van der Waals surface area contributed by atoms with E-state index in [9.17, 15) is 9.18 Å². The highest BCUT2D eigenvalue weighted by molar-refractivity contribution is 6.34. The van der Waals surface area contributed by atoms with Gasteiger partial charge in [0.2, 0.25) is 0 Å². The Morgan fingerprint density at radius 3 is 2.93 bits per heavy atom. The Morgan fingerprint density at radius 2 is 2.29 bits per heavy atom. The summed E-state index contributed by atoms with van der Waals surface area (Å²) in [5.41, 5.74) is 0.379. The van der Waals surface area contributed by atoms with E-state index in [-0.39, 0.29) is 11.6 Å². The molecule has 0 aliphatic heterocycles. The molecule has 0 fully saturated rings. The molecule has 0 aliphatic carbocycles. The quantitative estimate of drug-likeness (QED) is 0.559. The van der Waals surface area contributed by atoms with Crippen molar-refractivity contribution in [3.63, 3.8) is 0 Å². The molecular formula is C10H10ClFO2. The van der Waals surface area contributed by atoms with Crippen LogP contribution in [0.5, 0.6) is 5.75 Å². The smallest absolute Gasteiger partial charge is 0.151 e. The molecule has 0 bridgehead atoms. The maximum absolute atomic E-state index is 11.8. The average molecular weight is 217 g/mol. The highest BCUT2D eigenvalue weighted by Gasteiger charge is 2.05. The van der Waals surface area contributed by atoms with Gasteiger partial charge < -0.3 is 4.74 Å². The van der Waals surface area contributed by atoms with Gasteiger partial charge in [0.1, 0.15) is 5.75 Å². The van der Waals surface area contributed by atoms with Crippen LogP contribution < -0.4 is 4.74 Å². The first kappa shape index (κ1) is 11.0. The van der Waals surface area contributed by atoms with Gasteiger partial charge in [-0.1, -0.05) is 17.7 Å². The van der Waals surface area contributed by atoms with E-state index in [1.807, 2.05) is 0 Å². The van der Waals surface area contributed by atoms with Crippen LogP contribution in [-0.4, -0.2) is 19.6 Å². The third-order valence-corrected chi connectivity index (χ3v) is 2.06. The SMILES string of the molecule is O=Cc1cccc(OCCCF)c1Cl. The van der Waals surface area contributed by atoms with Gasteiger partial charge in [-0.3, -0.25) is 9.18 Å². The van der Waals surface area contributed by atoms with Crippen molar-refractivity contribution in [3.8, 4) is 5.75 Å². The lowest BCUT2D eigenvalue weighted by molar-refractivity contribution is 0.112. The third kappa shape index (κ3) is 2.70. The van der Waals surface area contributed by atoms with Crippen LogP contribution in [0.2, 0.25) is 5.02 Å². The normalized spacial score (nSPS) is 9.86. The summed E-state index contributed by atoms with van der Waals surface area (Å²) in [6.45, 7) is -0.163. The molecule has 0 heterocycles. The van der Waals surface area contributed by atoms with Crippen molar-refractivity contribution in [2.75, 3.05) is 13.3 Å². The van der Waals surface area contributed by atoms with Crippen LogP contribution in [0.25, 0.3) is 0 Å². The van der Waals surface area contributed by atoms with Gasteiger partial charge in [-0.05, 0) is 12.1 Å². The van der Waals surface area contributed by atoms with Gasteiger partial charge in [0.05, 0.1) is 18.3 Å². The molecule has 0 amide bonds. The fraction of sp³-hybridized carbons (Fsp3) is 0.300. The summed E-state index contributed by atoms with van der Waals surface area (Å²) < 4.78 is 17.0. The molecule has 0 atom stereocenters. The molecule has 0 N–H and O–H groups in total. The van der Waals surface area contributed by atoms with Crippen molar-refractivity contribution >= 4 is 17.9 Å². The Labute approximate surface area is 86.6 Å². The molecule has 0 spiro atoms. The number of benzene rings is 1. The number of ether oxygens (including phenoxy) is 1. The van der Waals surface area contributed by atoms with Gasteiger partial charge in [0.25, 0.3) is 0 Å². The standard InChI is InChI=1S/C10H10ClFO2/c11-10-8(7-13)3-1-4-9(10)14-6-2-5-12/h1,3-4,7H,2,5-6H2. The highest BCUT2D eigenvalue weighted by atomic mass is 35.5. The first-order valence-electron chi connectivity index (χ1n) is 4.22. The minimum Gasteiger partial charge on any atom is -0.492 e. The zero-order chi connectivity index (χ0) is 10.4. The van der Waals surface area contributed by atoms with Gasteiger partial charge in [-0.15, -0.1) is 0 Å². The molecule has 1 aromatic rings. The lowest BCUT2D eigenvalue weighted by Gasteiger charge is -2.07. The molecule has 0 saturated carbocycles. The second kappa shape index (κ2) is 5.60. The predicted octanol–water partition coefficient (Wildman–Crippen LogP) is 2.89. The number of carbonyl (C=O) groups is 1. The molecule has 0 unspecified atom stereocenters. The second-order valence-electron chi connectivity index (χ2n) is 2.67. The highest BCUT2D eigenvalue weighted by Crippen LogP contribution is 2.26. The van der Waals surface area contributed by atoms with E-state index in [4.69, 9.17) is 16.3 Å². The Hall–Kier alpha value is -1.09. The Balaban J connectivity index is 2.71. The molecule has 0 aliphatic rings. The van der Waals surface area contributed by atoms with E-state index in [0.717, 1.165) is 0 Å². The second-order valence-corrected chi connectivity index (χ2v) is 3.05. The maximum atomic E-state index is 11.8. The van der Waals surface area contributed by atoms with Crippen molar-refractivity contribution in [2.24, 2.45) is 0 Å². The van der Waals surface area contributed by atoms with E-state index in [1.54, 1.807) is 18.2 Å². The lowest BCUT2D eigenvalue weighted by atomic mass is 10.2. The van der Waals surface area contributed by atoms with Crippen LogP contribution in [0.3, 0.4) is 0 Å². The fourth-order valence-corrected chi connectivity index (χ4v) is 1.19. The number of carbonyl (C=O) groups excluding carboxylic acids is 1. The number of alkyl halides is 1. The molecular weight excluding hydrogens is 207 g/mol. The van der Waals surface area contributed by atoms with E-state index >= 15 is 0 Å². The molecule has 4 heteroatoms. The van der Waals surface area contributed by atoms with Gasteiger partial charge in [-0.25, -0.2) is 0 Å². The van der Waals surface area contributed by atoms with E-state index in [1.165, 1.54) is 0 Å². The maximum Gasteiger partial charge on any atom is 0.151 e. The number of aldehydes is 1. The summed E-state index contributed by atoms with van der Waals surface area (Å²) in [5.74, 6) is 0.421. The minimum absolute atomic E-state index is 0.262. The van der Waals surface area contributed by atoms with Gasteiger partial charge in [0.15, 0.2) is 6.29 Å². The van der Waals surface area contributed by atoms with Crippen LogP contribution in [0.15, 0.2) is 18.2 Å². The molecule has 2 nitrogen and oxygen atoms in total. The van der Waals surface area contributed by atoms with Gasteiger partial charge >= 0.3 is 0 Å². The Morgan fingerprint density at radius 1 is 1.50 bits per heavy atom. The molecule has 0 aromatic heterocycles. The molecule has 76 valence electrons. The monoisotopic (exact) mass is 216 g/mol. The van der Waals surface area contributed by atoms with Gasteiger partial charge in [0, 0.05) is 12.0 Å². The average Bonchev–Trinajstić information content (AvgIpc) is 2.21. The van der Waals surface area contributed by atoms with Crippen LogP contribution in [0, 0.1) is 0 Å². The number of rotatable bonds is 5. The number of hydrogen-bond donors (Lipinski definition) is 0. The van der Waals surface area contributed by atoms with Crippen LogP contribution >= 0.6 is 11.6 Å². The summed E-state index contributed by atoms with van der Waals surface area (Å²) in [5, 5.41) is 0.279. The zero-order valence-corrected chi connectivity index (χ0v) is 8.26. The van der Waals surface area contributed by atoms with Crippen molar-refractivity contribution < 1.29 is 13.9 Å². The van der Waals surface area contributed by atoms with E-state index in [0.29, 0.717) is 24.0 Å². The first-order valence-corrected chi connectivity index (χ1v) is 4.60. The Kier molecular flexibility index (Phi) is 4.40. The first-order chi connectivity index (χ1) is 6.79. The minimum atomic E-state index is -0.426. The summed E-state index contributed by atoms with van der Waals surface area (Å²) >= 11 is 5.84. The summed E-state index contributed by atoms with van der Waals surface area (Å²) in [6, 6.07) is 4.91. The molecule has 0 saturated heterocycles. The van der Waals surface area contributed by atoms with E-state index in [2.05, 4.69) is 0 Å². The largest absolute Gasteiger partial charge is 0.492 e. The van der Waals surface area contributed by atoms with Crippen LogP contribution in [0.4, 0.5) is 4.39 Å². The lowest BCUT2D eigenvalue weighted by Crippen LogP contribution is -1.99. The van der Waals surface area contributed by atoms with Crippen LogP contribution in [-0.2, 0) is 0 Å². The summed E-state index contributed by atoms with van der Waals surface area (Å²) in [6.07, 6.45) is 0.978. The van der Waals surface area contributed by atoms with Crippen molar-refractivity contribution in [1.29, 1.82) is 0 Å². The van der Waals surface area contributed by atoms with Crippen LogP contribution in [0.1, 0.15) is 16.8 Å². The summed E-state index contributed by atoms with van der Waals surface area (Å²) in [4.78, 5) is 10.5. The fourth-order valence-electron chi connectivity index (χ4n) is 0.967. The molecule has 1 rings (SSSR count). The molecule has 14 heavy (non-hydrogen) atoms. The zero-order valence-electron chi connectivity index (χ0n) is 7.50. The predicted molar refractivity (Wildman–Crippen MR) is 52.9 cm³/mol.